The highest BCUT2D eigenvalue weighted by Gasteiger charge is 2.53. The molecule has 318 valence electrons. The van der Waals surface area contributed by atoms with Crippen molar-refractivity contribution >= 4 is 18.1 Å². The highest BCUT2D eigenvalue weighted by molar-refractivity contribution is 5.82. The number of aliphatic hydroxyl groups excluding tert-OH is 2. The molecule has 55 heavy (non-hydrogen) atoms. The van der Waals surface area contributed by atoms with Crippen LogP contribution in [0.1, 0.15) is 109 Å². The maximum absolute atomic E-state index is 14.0. The van der Waals surface area contributed by atoms with Crippen LogP contribution < -0.4 is 16.0 Å². The van der Waals surface area contributed by atoms with Gasteiger partial charge in [-0.1, -0.05) is 20.8 Å². The second-order valence-corrected chi connectivity index (χ2v) is 18.2. The van der Waals surface area contributed by atoms with Gasteiger partial charge in [-0.2, -0.15) is 0 Å². The summed E-state index contributed by atoms with van der Waals surface area (Å²) in [6.45, 7) is 20.6. The Labute approximate surface area is 325 Å². The van der Waals surface area contributed by atoms with Crippen LogP contribution in [-0.4, -0.2) is 137 Å². The van der Waals surface area contributed by atoms with Crippen molar-refractivity contribution in [3.8, 4) is 0 Å². The van der Waals surface area contributed by atoms with Crippen LogP contribution in [-0.2, 0) is 42.7 Å². The number of ether oxygens (including phenoxy) is 8. The van der Waals surface area contributed by atoms with Gasteiger partial charge in [0.25, 0.3) is 5.91 Å². The molecule has 3 aliphatic heterocycles. The molecule has 4 rings (SSSR count). The van der Waals surface area contributed by atoms with Crippen LogP contribution in [0.15, 0.2) is 0 Å². The summed E-state index contributed by atoms with van der Waals surface area (Å²) in [6, 6.07) is -1.45. The van der Waals surface area contributed by atoms with Crippen LogP contribution in [0.5, 0.6) is 0 Å². The van der Waals surface area contributed by atoms with Gasteiger partial charge >= 0.3 is 12.2 Å². The van der Waals surface area contributed by atoms with Gasteiger partial charge in [-0.05, 0) is 93.9 Å². The predicted molar refractivity (Wildman–Crippen MR) is 196 cm³/mol. The van der Waals surface area contributed by atoms with Crippen molar-refractivity contribution in [2.24, 2.45) is 11.8 Å². The lowest BCUT2D eigenvalue weighted by atomic mass is 9.79. The summed E-state index contributed by atoms with van der Waals surface area (Å²) in [5.74, 6) is -2.80. The zero-order valence-electron chi connectivity index (χ0n) is 34.6. The Bertz CT molecular complexity index is 1320. The number of hydrogen-bond acceptors (Lipinski definition) is 14. The van der Waals surface area contributed by atoms with Gasteiger partial charge in [-0.3, -0.25) is 4.79 Å². The molecule has 0 radical (unpaired) electrons. The van der Waals surface area contributed by atoms with E-state index in [1.54, 1.807) is 69.2 Å². The zero-order chi connectivity index (χ0) is 41.3. The van der Waals surface area contributed by atoms with E-state index in [2.05, 4.69) is 16.0 Å². The van der Waals surface area contributed by atoms with Crippen LogP contribution in [0.2, 0.25) is 0 Å². The molecule has 14 atom stereocenters. The van der Waals surface area contributed by atoms with E-state index in [1.165, 1.54) is 0 Å². The lowest BCUT2D eigenvalue weighted by molar-refractivity contribution is -0.317. The van der Waals surface area contributed by atoms with E-state index in [4.69, 9.17) is 37.9 Å². The average molecular weight is 790 g/mol. The molecular weight excluding hydrogens is 722 g/mol. The number of nitrogens with one attached hydrogen (secondary N) is 3. The van der Waals surface area contributed by atoms with Gasteiger partial charge in [0, 0.05) is 5.92 Å². The molecule has 4 fully saturated rings. The van der Waals surface area contributed by atoms with Crippen LogP contribution in [0.25, 0.3) is 0 Å². The van der Waals surface area contributed by atoms with E-state index < -0.39 is 114 Å². The molecule has 1 saturated carbocycles. The molecule has 1 aliphatic carbocycles. The fourth-order valence-electron chi connectivity index (χ4n) is 7.33. The molecule has 0 aromatic heterocycles. The summed E-state index contributed by atoms with van der Waals surface area (Å²) in [7, 11) is 0. The first-order valence-corrected chi connectivity index (χ1v) is 19.6. The van der Waals surface area contributed by atoms with E-state index in [0.29, 0.717) is 19.3 Å². The highest BCUT2D eigenvalue weighted by Crippen LogP contribution is 2.37. The van der Waals surface area contributed by atoms with E-state index >= 15 is 0 Å². The van der Waals surface area contributed by atoms with E-state index in [-0.39, 0.29) is 25.7 Å². The molecule has 6 N–H and O–H groups in total. The minimum atomic E-state index is -1.41. The fourth-order valence-corrected chi connectivity index (χ4v) is 7.33. The largest absolute Gasteiger partial charge is 0.444 e. The Hall–Kier alpha value is -2.35. The molecule has 0 spiro atoms. The van der Waals surface area contributed by atoms with Gasteiger partial charge in [0.15, 0.2) is 24.5 Å². The topological polar surface area (TPSA) is 222 Å². The first-order valence-electron chi connectivity index (χ1n) is 19.6. The predicted octanol–water partition coefficient (Wildman–Crippen LogP) is 2.60. The molecule has 4 aliphatic rings. The first kappa shape index (κ1) is 45.4. The van der Waals surface area contributed by atoms with E-state index in [1.807, 2.05) is 13.8 Å². The molecule has 3 saturated heterocycles. The number of carbonyl (C=O) groups is 3. The van der Waals surface area contributed by atoms with Crippen molar-refractivity contribution in [2.45, 2.75) is 199 Å². The van der Waals surface area contributed by atoms with Crippen molar-refractivity contribution in [1.29, 1.82) is 0 Å². The lowest BCUT2D eigenvalue weighted by Gasteiger charge is -2.49. The number of aliphatic hydroxyl groups is 3. The second kappa shape index (κ2) is 17.6. The third-order valence-electron chi connectivity index (χ3n) is 10.4. The Morgan fingerprint density at radius 3 is 2.05 bits per heavy atom. The van der Waals surface area contributed by atoms with Crippen molar-refractivity contribution in [2.75, 3.05) is 13.2 Å². The van der Waals surface area contributed by atoms with Gasteiger partial charge < -0.3 is 69.2 Å². The maximum Gasteiger partial charge on any atom is 0.408 e. The Morgan fingerprint density at radius 1 is 0.818 bits per heavy atom. The first-order chi connectivity index (χ1) is 25.3. The van der Waals surface area contributed by atoms with Crippen molar-refractivity contribution < 1.29 is 67.6 Å². The summed E-state index contributed by atoms with van der Waals surface area (Å²) < 4.78 is 47.8. The van der Waals surface area contributed by atoms with Gasteiger partial charge in [0.1, 0.15) is 35.6 Å². The fraction of sp³-hybridized carbons (Fsp3) is 0.921. The number of alkyl carbamates (subject to hydrolysis) is 2. The molecule has 3 amide bonds. The zero-order valence-corrected chi connectivity index (χ0v) is 34.6. The van der Waals surface area contributed by atoms with Crippen LogP contribution in [0.4, 0.5) is 9.59 Å². The molecule has 0 bridgehead atoms. The van der Waals surface area contributed by atoms with Gasteiger partial charge in [0.2, 0.25) is 0 Å². The molecule has 0 aromatic rings. The van der Waals surface area contributed by atoms with Crippen LogP contribution >= 0.6 is 0 Å². The quantitative estimate of drug-likeness (QED) is 0.187. The number of hydrogen-bond donors (Lipinski definition) is 6. The minimum Gasteiger partial charge on any atom is -0.444 e. The Morgan fingerprint density at radius 2 is 1.44 bits per heavy atom. The maximum atomic E-state index is 14.0. The SMILES string of the molecule is CC[C@@H]1CCC(NC(=O)OC(C)(C)C)[C@@H](OC2C(O)C(O[C@H]3OCC(C)(O)[C@H](C)C3O)[C@H](NC(=O)[C@H]3OC(C)(C)OC3CNC(=O)OC(C)(C)C)C[C@@H]2C)O1. The Kier molecular flexibility index (Phi) is 14.6. The smallest absolute Gasteiger partial charge is 0.408 e. The van der Waals surface area contributed by atoms with E-state index in [0.717, 1.165) is 0 Å². The molecule has 0 aromatic carbocycles. The lowest BCUT2D eigenvalue weighted by Crippen LogP contribution is -2.65. The van der Waals surface area contributed by atoms with Crippen molar-refractivity contribution in [3.63, 3.8) is 0 Å². The summed E-state index contributed by atoms with van der Waals surface area (Å²) in [5.41, 5.74) is -2.80. The molecule has 7 unspecified atom stereocenters. The molecule has 3 heterocycles. The van der Waals surface area contributed by atoms with Gasteiger partial charge in [0.05, 0.1) is 43.0 Å². The third-order valence-corrected chi connectivity index (χ3v) is 10.4. The minimum absolute atomic E-state index is 0.0888. The van der Waals surface area contributed by atoms with E-state index in [9.17, 15) is 29.7 Å². The monoisotopic (exact) mass is 789 g/mol. The van der Waals surface area contributed by atoms with Gasteiger partial charge in [-0.15, -0.1) is 0 Å². The Balaban J connectivity index is 1.56. The average Bonchev–Trinajstić information content (AvgIpc) is 3.37. The summed E-state index contributed by atoms with van der Waals surface area (Å²) >= 11 is 0. The molecular formula is C38H67N3O14. The summed E-state index contributed by atoms with van der Waals surface area (Å²) in [6.07, 6.45) is -8.36. The number of rotatable bonds is 10. The van der Waals surface area contributed by atoms with Crippen LogP contribution in [0, 0.1) is 11.8 Å². The summed E-state index contributed by atoms with van der Waals surface area (Å²) in [5, 5.41) is 42.5. The van der Waals surface area contributed by atoms with Crippen molar-refractivity contribution in [1.82, 2.24) is 16.0 Å². The normalized spacial score (nSPS) is 39.5. The molecule has 17 nitrogen and oxygen atoms in total. The van der Waals surface area contributed by atoms with Crippen LogP contribution in [0.3, 0.4) is 0 Å². The number of amides is 3. The third kappa shape index (κ3) is 12.3. The van der Waals surface area contributed by atoms with Gasteiger partial charge in [-0.25, -0.2) is 9.59 Å². The standard InChI is InChI=1S/C38H67N3O14/c1-13-21-14-15-22(41-34(46)55-36(7,8)9)31(49-21)50-27-19(2)16-23(28(26(27)43)51-32-25(42)20(3)38(12,47)18-48-32)40-30(44)29-24(52-37(10,11)53-29)17-39-33(45)54-35(4,5)6/h19-29,31-32,42-43,47H,13-18H2,1-12H3,(H,39,45)(H,40,44)(H,41,46)/t19-,20+,21+,22?,23+,24?,25?,26?,27?,28?,29-,31+,32+,38?/m0/s1. The second-order valence-electron chi connectivity index (χ2n) is 18.2. The molecule has 17 heteroatoms. The summed E-state index contributed by atoms with van der Waals surface area (Å²) in [4.78, 5) is 39.3. The van der Waals surface area contributed by atoms with Crippen molar-refractivity contribution in [3.05, 3.63) is 0 Å². The highest BCUT2D eigenvalue weighted by atomic mass is 16.8. The number of carbonyl (C=O) groups excluding carboxylic acids is 3.